The Morgan fingerprint density at radius 2 is 1.65 bits per heavy atom. The Labute approximate surface area is 180 Å². The van der Waals surface area contributed by atoms with Crippen LogP contribution in [0.15, 0.2) is 53.4 Å². The predicted octanol–water partition coefficient (Wildman–Crippen LogP) is 2.55. The first-order valence-corrected chi connectivity index (χ1v) is 9.98. The SMILES string of the molecule is O=C(CNC(=O)c1ccccc1F)NCCN1C(=O)SC(=Cc2ccccc2F)C1=O. The number of thioether (sulfide) groups is 1. The molecule has 0 saturated carbocycles. The summed E-state index contributed by atoms with van der Waals surface area (Å²) >= 11 is 0.684. The Balaban J connectivity index is 1.48. The van der Waals surface area contributed by atoms with E-state index in [9.17, 15) is 28.0 Å². The summed E-state index contributed by atoms with van der Waals surface area (Å²) in [4.78, 5) is 49.3. The van der Waals surface area contributed by atoms with E-state index in [1.54, 1.807) is 6.07 Å². The topological polar surface area (TPSA) is 95.6 Å². The van der Waals surface area contributed by atoms with Crippen molar-refractivity contribution in [3.63, 3.8) is 0 Å². The molecule has 2 aromatic rings. The van der Waals surface area contributed by atoms with Crippen molar-refractivity contribution in [2.45, 2.75) is 0 Å². The van der Waals surface area contributed by atoms with Gasteiger partial charge in [-0.25, -0.2) is 8.78 Å². The van der Waals surface area contributed by atoms with E-state index in [1.807, 2.05) is 0 Å². The van der Waals surface area contributed by atoms with E-state index in [1.165, 1.54) is 42.5 Å². The summed E-state index contributed by atoms with van der Waals surface area (Å²) in [6.45, 7) is -0.534. The lowest BCUT2D eigenvalue weighted by atomic mass is 10.2. The second kappa shape index (κ2) is 9.98. The standard InChI is InChI=1S/C21H17F2N3O4S/c22-15-7-3-1-5-13(15)11-17-20(29)26(21(30)31-17)10-9-24-18(27)12-25-19(28)14-6-2-4-8-16(14)23/h1-8,11H,9-10,12H2,(H,24,27)(H,25,28). The van der Waals surface area contributed by atoms with E-state index < -0.39 is 41.1 Å². The number of benzene rings is 2. The molecule has 160 valence electrons. The normalized spacial score (nSPS) is 14.8. The third kappa shape index (κ3) is 5.54. The van der Waals surface area contributed by atoms with Gasteiger partial charge in [-0.1, -0.05) is 30.3 Å². The van der Waals surface area contributed by atoms with Crippen LogP contribution >= 0.6 is 11.8 Å². The van der Waals surface area contributed by atoms with Crippen LogP contribution in [0.1, 0.15) is 15.9 Å². The predicted molar refractivity (Wildman–Crippen MR) is 111 cm³/mol. The first-order chi connectivity index (χ1) is 14.9. The van der Waals surface area contributed by atoms with Gasteiger partial charge in [-0.2, -0.15) is 0 Å². The van der Waals surface area contributed by atoms with Crippen molar-refractivity contribution in [2.75, 3.05) is 19.6 Å². The first-order valence-electron chi connectivity index (χ1n) is 9.16. The average molecular weight is 445 g/mol. The number of amides is 4. The highest BCUT2D eigenvalue weighted by molar-refractivity contribution is 8.18. The van der Waals surface area contributed by atoms with Crippen molar-refractivity contribution in [1.82, 2.24) is 15.5 Å². The van der Waals surface area contributed by atoms with E-state index in [0.717, 1.165) is 11.0 Å². The Kier molecular flexibility index (Phi) is 7.14. The van der Waals surface area contributed by atoms with Gasteiger partial charge in [0, 0.05) is 18.7 Å². The zero-order valence-corrected chi connectivity index (χ0v) is 16.9. The van der Waals surface area contributed by atoms with E-state index in [2.05, 4.69) is 10.6 Å². The van der Waals surface area contributed by atoms with Crippen LogP contribution in [-0.2, 0) is 9.59 Å². The van der Waals surface area contributed by atoms with Crippen molar-refractivity contribution >= 4 is 40.8 Å². The zero-order valence-electron chi connectivity index (χ0n) is 16.1. The fourth-order valence-electron chi connectivity index (χ4n) is 2.70. The number of imide groups is 1. The average Bonchev–Trinajstić information content (AvgIpc) is 3.01. The number of carbonyl (C=O) groups excluding carboxylic acids is 4. The number of nitrogens with one attached hydrogen (secondary N) is 2. The van der Waals surface area contributed by atoms with Crippen LogP contribution < -0.4 is 10.6 Å². The first kappa shape index (κ1) is 22.2. The molecular weight excluding hydrogens is 428 g/mol. The van der Waals surface area contributed by atoms with Crippen molar-refractivity contribution in [1.29, 1.82) is 0 Å². The molecular formula is C21H17F2N3O4S. The second-order valence-corrected chi connectivity index (χ2v) is 7.36. The molecule has 0 bridgehead atoms. The third-order valence-corrected chi connectivity index (χ3v) is 5.16. The highest BCUT2D eigenvalue weighted by atomic mass is 32.2. The summed E-state index contributed by atoms with van der Waals surface area (Å²) in [6.07, 6.45) is 1.30. The van der Waals surface area contributed by atoms with Crippen LogP contribution in [0.25, 0.3) is 6.08 Å². The molecule has 1 heterocycles. The molecule has 31 heavy (non-hydrogen) atoms. The molecule has 0 aliphatic carbocycles. The van der Waals surface area contributed by atoms with Crippen LogP contribution in [0.5, 0.6) is 0 Å². The molecule has 0 aromatic heterocycles. The summed E-state index contributed by atoms with van der Waals surface area (Å²) in [7, 11) is 0. The van der Waals surface area contributed by atoms with E-state index >= 15 is 0 Å². The summed E-state index contributed by atoms with van der Waals surface area (Å²) in [6, 6.07) is 11.2. The van der Waals surface area contributed by atoms with Crippen molar-refractivity contribution < 1.29 is 28.0 Å². The van der Waals surface area contributed by atoms with E-state index in [4.69, 9.17) is 0 Å². The molecule has 0 radical (unpaired) electrons. The maximum Gasteiger partial charge on any atom is 0.293 e. The summed E-state index contributed by atoms with van der Waals surface area (Å²) in [5.74, 6) is -3.11. The molecule has 1 fully saturated rings. The van der Waals surface area contributed by atoms with Crippen molar-refractivity contribution in [2.24, 2.45) is 0 Å². The molecule has 7 nitrogen and oxygen atoms in total. The number of hydrogen-bond acceptors (Lipinski definition) is 5. The molecule has 4 amide bonds. The minimum atomic E-state index is -0.738. The fraction of sp³-hybridized carbons (Fsp3) is 0.143. The molecule has 1 aliphatic heterocycles. The zero-order chi connectivity index (χ0) is 22.4. The molecule has 1 aliphatic rings. The number of halogens is 2. The van der Waals surface area contributed by atoms with Gasteiger partial charge in [-0.15, -0.1) is 0 Å². The highest BCUT2D eigenvalue weighted by Gasteiger charge is 2.34. The maximum absolute atomic E-state index is 13.8. The molecule has 0 unspecified atom stereocenters. The van der Waals surface area contributed by atoms with Gasteiger partial charge < -0.3 is 10.6 Å². The van der Waals surface area contributed by atoms with Gasteiger partial charge in [0.05, 0.1) is 17.0 Å². The minimum Gasteiger partial charge on any atom is -0.353 e. The number of nitrogens with zero attached hydrogens (tertiary/aromatic N) is 1. The Hall–Kier alpha value is -3.53. The van der Waals surface area contributed by atoms with Crippen LogP contribution in [0.3, 0.4) is 0 Å². The van der Waals surface area contributed by atoms with E-state index in [-0.39, 0.29) is 29.1 Å². The number of hydrogen-bond donors (Lipinski definition) is 2. The van der Waals surface area contributed by atoms with Gasteiger partial charge in [0.2, 0.25) is 5.91 Å². The Bertz CT molecular complexity index is 1070. The molecule has 0 spiro atoms. The van der Waals surface area contributed by atoms with Crippen molar-refractivity contribution in [3.05, 3.63) is 76.2 Å². The van der Waals surface area contributed by atoms with Gasteiger partial charge in [-0.3, -0.25) is 24.1 Å². The monoisotopic (exact) mass is 445 g/mol. The van der Waals surface area contributed by atoms with Crippen molar-refractivity contribution in [3.8, 4) is 0 Å². The number of carbonyl (C=O) groups is 4. The van der Waals surface area contributed by atoms with Gasteiger partial charge in [0.15, 0.2) is 0 Å². The minimum absolute atomic E-state index is 0.0422. The third-order valence-electron chi connectivity index (χ3n) is 4.25. The van der Waals surface area contributed by atoms with Crippen LogP contribution in [0.2, 0.25) is 0 Å². The van der Waals surface area contributed by atoms with Crippen LogP contribution in [0.4, 0.5) is 13.6 Å². The molecule has 0 atom stereocenters. The highest BCUT2D eigenvalue weighted by Crippen LogP contribution is 2.32. The summed E-state index contributed by atoms with van der Waals surface area (Å²) in [5, 5.41) is 4.22. The molecule has 10 heteroatoms. The van der Waals surface area contributed by atoms with Gasteiger partial charge >= 0.3 is 0 Å². The fourth-order valence-corrected chi connectivity index (χ4v) is 3.55. The van der Waals surface area contributed by atoms with Crippen LogP contribution in [0, 0.1) is 11.6 Å². The maximum atomic E-state index is 13.8. The largest absolute Gasteiger partial charge is 0.353 e. The quantitative estimate of drug-likeness (QED) is 0.639. The molecule has 3 rings (SSSR count). The lowest BCUT2D eigenvalue weighted by Gasteiger charge is -2.13. The van der Waals surface area contributed by atoms with Gasteiger partial charge in [-0.05, 0) is 36.0 Å². The Morgan fingerprint density at radius 3 is 2.35 bits per heavy atom. The number of rotatable bonds is 7. The van der Waals surface area contributed by atoms with Crippen LogP contribution in [-0.4, -0.2) is 47.5 Å². The summed E-state index contributed by atoms with van der Waals surface area (Å²) in [5.41, 5.74) is 0.00153. The van der Waals surface area contributed by atoms with Gasteiger partial charge in [0.1, 0.15) is 11.6 Å². The Morgan fingerprint density at radius 1 is 0.968 bits per heavy atom. The van der Waals surface area contributed by atoms with Gasteiger partial charge in [0.25, 0.3) is 17.1 Å². The lowest BCUT2D eigenvalue weighted by molar-refractivity contribution is -0.124. The molecule has 1 saturated heterocycles. The molecule has 2 aromatic carbocycles. The smallest absolute Gasteiger partial charge is 0.293 e. The van der Waals surface area contributed by atoms with E-state index in [0.29, 0.717) is 11.8 Å². The summed E-state index contributed by atoms with van der Waals surface area (Å²) < 4.78 is 27.3. The second-order valence-electron chi connectivity index (χ2n) is 6.37. The lowest BCUT2D eigenvalue weighted by Crippen LogP contribution is -2.41. The molecule has 2 N–H and O–H groups in total.